The Hall–Kier alpha value is -1.57. The van der Waals surface area contributed by atoms with Crippen LogP contribution in [0.4, 0.5) is 0 Å². The van der Waals surface area contributed by atoms with Crippen molar-refractivity contribution in [2.45, 2.75) is 25.7 Å². The second-order valence-corrected chi connectivity index (χ2v) is 3.64. The molecule has 0 aliphatic carbocycles. The quantitative estimate of drug-likeness (QED) is 0.397. The van der Waals surface area contributed by atoms with Gasteiger partial charge in [0.05, 0.1) is 12.2 Å². The van der Waals surface area contributed by atoms with Gasteiger partial charge in [-0.3, -0.25) is 0 Å². The summed E-state index contributed by atoms with van der Waals surface area (Å²) in [6, 6.07) is 9.08. The number of ether oxygens (including phenoxy) is 1. The minimum atomic E-state index is -0.232. The predicted octanol–water partition coefficient (Wildman–Crippen LogP) is 3.59. The Bertz CT molecular complexity index is 317. The smallest absolute Gasteiger partial charge is 0.338 e. The molecule has 86 valence electrons. The number of unbranched alkanes of at least 4 members (excludes halogenated alkanes) is 3. The number of esters is 1. The first-order valence-electron chi connectivity index (χ1n) is 5.67. The van der Waals surface area contributed by atoms with Gasteiger partial charge in [-0.05, 0) is 37.8 Å². The maximum atomic E-state index is 11.5. The van der Waals surface area contributed by atoms with Gasteiger partial charge >= 0.3 is 5.97 Å². The van der Waals surface area contributed by atoms with E-state index in [4.69, 9.17) is 4.74 Å². The van der Waals surface area contributed by atoms with Crippen LogP contribution in [0.15, 0.2) is 43.0 Å². The van der Waals surface area contributed by atoms with Crippen LogP contribution in [-0.2, 0) is 4.74 Å². The van der Waals surface area contributed by atoms with Crippen molar-refractivity contribution >= 4 is 5.97 Å². The summed E-state index contributed by atoms with van der Waals surface area (Å²) in [6.07, 6.45) is 6.06. The Morgan fingerprint density at radius 2 is 1.94 bits per heavy atom. The number of allylic oxidation sites excluding steroid dienone is 1. The van der Waals surface area contributed by atoms with E-state index in [1.807, 2.05) is 24.3 Å². The zero-order valence-corrected chi connectivity index (χ0v) is 9.52. The highest BCUT2D eigenvalue weighted by Gasteiger charge is 2.04. The van der Waals surface area contributed by atoms with Gasteiger partial charge in [-0.25, -0.2) is 4.79 Å². The van der Waals surface area contributed by atoms with Crippen molar-refractivity contribution in [3.05, 3.63) is 48.6 Å². The van der Waals surface area contributed by atoms with Crippen LogP contribution in [0.25, 0.3) is 0 Å². The summed E-state index contributed by atoms with van der Waals surface area (Å²) in [5.74, 6) is -0.232. The summed E-state index contributed by atoms with van der Waals surface area (Å²) < 4.78 is 5.14. The molecular weight excluding hydrogens is 200 g/mol. The minimum absolute atomic E-state index is 0.232. The predicted molar refractivity (Wildman–Crippen MR) is 65.4 cm³/mol. The van der Waals surface area contributed by atoms with Crippen LogP contribution >= 0.6 is 0 Å². The normalized spacial score (nSPS) is 9.75. The zero-order chi connectivity index (χ0) is 11.6. The van der Waals surface area contributed by atoms with Gasteiger partial charge in [0.15, 0.2) is 0 Å². The molecule has 0 saturated heterocycles. The lowest BCUT2D eigenvalue weighted by molar-refractivity contribution is 0.0498. The van der Waals surface area contributed by atoms with Gasteiger partial charge in [0.25, 0.3) is 0 Å². The number of benzene rings is 1. The van der Waals surface area contributed by atoms with Gasteiger partial charge in [0, 0.05) is 0 Å². The average molecular weight is 218 g/mol. The third-order valence-electron chi connectivity index (χ3n) is 2.30. The summed E-state index contributed by atoms with van der Waals surface area (Å²) >= 11 is 0. The highest BCUT2D eigenvalue weighted by Crippen LogP contribution is 2.04. The van der Waals surface area contributed by atoms with Crippen LogP contribution < -0.4 is 0 Å². The number of hydrogen-bond acceptors (Lipinski definition) is 2. The molecule has 2 nitrogen and oxygen atoms in total. The van der Waals surface area contributed by atoms with E-state index in [1.54, 1.807) is 12.1 Å². The van der Waals surface area contributed by atoms with Crippen molar-refractivity contribution in [3.8, 4) is 0 Å². The molecule has 0 unspecified atom stereocenters. The fourth-order valence-corrected chi connectivity index (χ4v) is 1.39. The van der Waals surface area contributed by atoms with Crippen LogP contribution in [0.5, 0.6) is 0 Å². The van der Waals surface area contributed by atoms with Gasteiger partial charge in [-0.1, -0.05) is 24.3 Å². The second-order valence-electron chi connectivity index (χ2n) is 3.64. The van der Waals surface area contributed by atoms with Gasteiger partial charge in [0.1, 0.15) is 0 Å². The molecule has 2 heteroatoms. The highest BCUT2D eigenvalue weighted by atomic mass is 16.5. The topological polar surface area (TPSA) is 26.3 Å². The standard InChI is InChI=1S/C14H18O2/c1-2-3-4-5-9-12-16-14(15)13-10-7-6-8-11-13/h2,6-8,10-11H,1,3-5,9,12H2. The van der Waals surface area contributed by atoms with Gasteiger partial charge in [-0.2, -0.15) is 0 Å². The third-order valence-corrected chi connectivity index (χ3v) is 2.30. The fraction of sp³-hybridized carbons (Fsp3) is 0.357. The molecule has 0 N–H and O–H groups in total. The molecule has 0 spiro atoms. The minimum Gasteiger partial charge on any atom is -0.462 e. The van der Waals surface area contributed by atoms with Crippen molar-refractivity contribution in [2.24, 2.45) is 0 Å². The third kappa shape index (κ3) is 4.78. The number of carbonyl (C=O) groups excluding carboxylic acids is 1. The molecule has 0 fully saturated rings. The van der Waals surface area contributed by atoms with E-state index in [0.717, 1.165) is 25.7 Å². The van der Waals surface area contributed by atoms with E-state index in [0.29, 0.717) is 12.2 Å². The Kier molecular flexibility index (Phi) is 6.00. The van der Waals surface area contributed by atoms with Crippen molar-refractivity contribution in [2.75, 3.05) is 6.61 Å². The Labute approximate surface area is 96.9 Å². The largest absolute Gasteiger partial charge is 0.462 e. The average Bonchev–Trinajstić information content (AvgIpc) is 2.34. The van der Waals surface area contributed by atoms with E-state index in [-0.39, 0.29) is 5.97 Å². The lowest BCUT2D eigenvalue weighted by Crippen LogP contribution is -2.06. The van der Waals surface area contributed by atoms with Crippen LogP contribution in [0.1, 0.15) is 36.0 Å². The highest BCUT2D eigenvalue weighted by molar-refractivity contribution is 5.89. The molecule has 0 aromatic heterocycles. The first-order valence-corrected chi connectivity index (χ1v) is 5.67. The Morgan fingerprint density at radius 1 is 1.19 bits per heavy atom. The fourth-order valence-electron chi connectivity index (χ4n) is 1.39. The van der Waals surface area contributed by atoms with Crippen molar-refractivity contribution in [1.29, 1.82) is 0 Å². The molecule has 16 heavy (non-hydrogen) atoms. The number of carbonyl (C=O) groups is 1. The number of rotatable bonds is 7. The molecule has 1 aromatic rings. The van der Waals surface area contributed by atoms with Crippen LogP contribution in [-0.4, -0.2) is 12.6 Å². The molecule has 1 rings (SSSR count). The maximum absolute atomic E-state index is 11.5. The lowest BCUT2D eigenvalue weighted by Gasteiger charge is -2.04. The molecule has 0 radical (unpaired) electrons. The van der Waals surface area contributed by atoms with E-state index in [9.17, 15) is 4.79 Å². The summed E-state index contributed by atoms with van der Waals surface area (Å²) in [7, 11) is 0. The Balaban J connectivity index is 2.14. The van der Waals surface area contributed by atoms with E-state index < -0.39 is 0 Å². The van der Waals surface area contributed by atoms with Crippen LogP contribution in [0.3, 0.4) is 0 Å². The molecule has 1 aromatic carbocycles. The van der Waals surface area contributed by atoms with Gasteiger partial charge < -0.3 is 4.74 Å². The van der Waals surface area contributed by atoms with E-state index >= 15 is 0 Å². The molecule has 0 atom stereocenters. The lowest BCUT2D eigenvalue weighted by atomic mass is 10.2. The zero-order valence-electron chi connectivity index (χ0n) is 9.52. The van der Waals surface area contributed by atoms with E-state index in [2.05, 4.69) is 6.58 Å². The summed E-state index contributed by atoms with van der Waals surface area (Å²) in [5.41, 5.74) is 0.619. The Morgan fingerprint density at radius 3 is 2.62 bits per heavy atom. The molecule has 0 amide bonds. The number of hydrogen-bond donors (Lipinski definition) is 0. The van der Waals surface area contributed by atoms with Crippen LogP contribution in [0, 0.1) is 0 Å². The van der Waals surface area contributed by atoms with Gasteiger partial charge in [-0.15, -0.1) is 6.58 Å². The van der Waals surface area contributed by atoms with Crippen molar-refractivity contribution in [1.82, 2.24) is 0 Å². The molecule has 0 saturated carbocycles. The first kappa shape index (κ1) is 12.5. The maximum Gasteiger partial charge on any atom is 0.338 e. The van der Waals surface area contributed by atoms with Crippen molar-refractivity contribution in [3.63, 3.8) is 0 Å². The summed E-state index contributed by atoms with van der Waals surface area (Å²) in [4.78, 5) is 11.5. The van der Waals surface area contributed by atoms with Crippen molar-refractivity contribution < 1.29 is 9.53 Å². The summed E-state index contributed by atoms with van der Waals surface area (Å²) in [5, 5.41) is 0. The SMILES string of the molecule is C=CCCCCCOC(=O)c1ccccc1. The molecular formula is C14H18O2. The second kappa shape index (κ2) is 7.69. The molecule has 0 bridgehead atoms. The molecule has 0 heterocycles. The first-order chi connectivity index (χ1) is 7.84. The molecule has 0 aliphatic heterocycles. The molecule has 0 aliphatic rings. The van der Waals surface area contributed by atoms with Crippen LogP contribution in [0.2, 0.25) is 0 Å². The monoisotopic (exact) mass is 218 g/mol. The summed E-state index contributed by atoms with van der Waals surface area (Å²) in [6.45, 7) is 4.17. The van der Waals surface area contributed by atoms with E-state index in [1.165, 1.54) is 0 Å². The van der Waals surface area contributed by atoms with Gasteiger partial charge in [0.2, 0.25) is 0 Å².